The molecule has 1 aliphatic heterocycles. The molecular weight excluding hydrogens is 232 g/mol. The average Bonchev–Trinajstić information content (AvgIpc) is 2.82. The predicted molar refractivity (Wildman–Crippen MR) is 68.9 cm³/mol. The van der Waals surface area contributed by atoms with Crippen molar-refractivity contribution in [2.45, 2.75) is 38.8 Å². The minimum atomic E-state index is -0.412. The monoisotopic (exact) mass is 248 g/mol. The lowest BCUT2D eigenvalue weighted by molar-refractivity contribution is -0.384. The molecule has 0 aliphatic carbocycles. The molecular formula is C13H16N2O3. The summed E-state index contributed by atoms with van der Waals surface area (Å²) >= 11 is 0. The number of benzene rings is 1. The third kappa shape index (κ3) is 2.34. The van der Waals surface area contributed by atoms with E-state index in [1.165, 1.54) is 12.1 Å². The lowest BCUT2D eigenvalue weighted by atomic mass is 10.1. The van der Waals surface area contributed by atoms with Gasteiger partial charge in [0.1, 0.15) is 6.10 Å². The molecule has 1 aromatic rings. The van der Waals surface area contributed by atoms with Crippen molar-refractivity contribution in [1.82, 2.24) is 0 Å². The molecule has 5 heteroatoms. The van der Waals surface area contributed by atoms with Gasteiger partial charge in [-0.2, -0.15) is 0 Å². The van der Waals surface area contributed by atoms with E-state index < -0.39 is 4.92 Å². The molecule has 1 aliphatic rings. The highest BCUT2D eigenvalue weighted by Gasteiger charge is 2.28. The van der Waals surface area contributed by atoms with Crippen LogP contribution in [0.25, 0.3) is 0 Å². The van der Waals surface area contributed by atoms with E-state index in [0.717, 1.165) is 18.4 Å². The molecule has 0 saturated carbocycles. The Labute approximate surface area is 106 Å². The van der Waals surface area contributed by atoms with Gasteiger partial charge in [-0.05, 0) is 25.0 Å². The zero-order valence-corrected chi connectivity index (χ0v) is 10.5. The molecule has 0 aromatic heterocycles. The van der Waals surface area contributed by atoms with E-state index in [2.05, 4.69) is 18.8 Å². The van der Waals surface area contributed by atoms with Crippen LogP contribution in [0.4, 0.5) is 5.69 Å². The molecule has 1 heterocycles. The Hall–Kier alpha value is -1.91. The standard InChI is InChI=1S/C13H16N2O3/c1-3-11-12(4-2)18-13(14-11)9-5-7-10(8-6-9)15(16)17/h5-8,11-12H,3-4H2,1-2H3/t11-,12+/m1/s1. The molecule has 0 unspecified atom stereocenters. The maximum atomic E-state index is 10.6. The molecule has 2 atom stereocenters. The topological polar surface area (TPSA) is 64.7 Å². The summed E-state index contributed by atoms with van der Waals surface area (Å²) in [6, 6.07) is 6.51. The van der Waals surface area contributed by atoms with Crippen LogP contribution in [0.5, 0.6) is 0 Å². The molecule has 18 heavy (non-hydrogen) atoms. The maximum absolute atomic E-state index is 10.6. The fourth-order valence-electron chi connectivity index (χ4n) is 2.06. The van der Waals surface area contributed by atoms with Gasteiger partial charge in [0, 0.05) is 17.7 Å². The van der Waals surface area contributed by atoms with Crippen molar-refractivity contribution in [3.63, 3.8) is 0 Å². The number of non-ortho nitro benzene ring substituents is 1. The van der Waals surface area contributed by atoms with Crippen LogP contribution in [0.3, 0.4) is 0 Å². The van der Waals surface area contributed by atoms with Crippen LogP contribution in [0.15, 0.2) is 29.3 Å². The Balaban J connectivity index is 2.20. The van der Waals surface area contributed by atoms with Gasteiger partial charge in [-0.3, -0.25) is 10.1 Å². The largest absolute Gasteiger partial charge is 0.472 e. The first-order valence-electron chi connectivity index (χ1n) is 6.15. The second-order valence-corrected chi connectivity index (χ2v) is 4.28. The fraction of sp³-hybridized carbons (Fsp3) is 0.462. The van der Waals surface area contributed by atoms with E-state index in [4.69, 9.17) is 4.74 Å². The van der Waals surface area contributed by atoms with E-state index in [0.29, 0.717) is 5.90 Å². The normalized spacial score (nSPS) is 22.4. The summed E-state index contributed by atoms with van der Waals surface area (Å²) < 4.78 is 5.78. The molecule has 5 nitrogen and oxygen atoms in total. The molecule has 0 amide bonds. The van der Waals surface area contributed by atoms with Crippen LogP contribution in [-0.4, -0.2) is 23.0 Å². The van der Waals surface area contributed by atoms with E-state index in [1.54, 1.807) is 12.1 Å². The van der Waals surface area contributed by atoms with Crippen molar-refractivity contribution in [1.29, 1.82) is 0 Å². The quantitative estimate of drug-likeness (QED) is 0.607. The molecule has 0 radical (unpaired) electrons. The van der Waals surface area contributed by atoms with Crippen LogP contribution in [0, 0.1) is 10.1 Å². The van der Waals surface area contributed by atoms with Crippen molar-refractivity contribution >= 4 is 11.6 Å². The van der Waals surface area contributed by atoms with E-state index in [-0.39, 0.29) is 17.8 Å². The van der Waals surface area contributed by atoms with Crippen molar-refractivity contribution in [2.75, 3.05) is 0 Å². The number of nitro benzene ring substituents is 1. The molecule has 0 fully saturated rings. The first-order valence-corrected chi connectivity index (χ1v) is 6.15. The molecule has 2 rings (SSSR count). The molecule has 1 aromatic carbocycles. The Kier molecular flexibility index (Phi) is 3.60. The maximum Gasteiger partial charge on any atom is 0.269 e. The summed E-state index contributed by atoms with van der Waals surface area (Å²) in [5.74, 6) is 0.601. The first kappa shape index (κ1) is 12.5. The van der Waals surface area contributed by atoms with Crippen LogP contribution in [0.1, 0.15) is 32.3 Å². The summed E-state index contributed by atoms with van der Waals surface area (Å²) in [6.07, 6.45) is 1.98. The number of nitro groups is 1. The van der Waals surface area contributed by atoms with E-state index in [9.17, 15) is 10.1 Å². The first-order chi connectivity index (χ1) is 8.65. The lowest BCUT2D eigenvalue weighted by Crippen LogP contribution is -2.20. The number of rotatable bonds is 4. The summed E-state index contributed by atoms with van der Waals surface area (Å²) in [5.41, 5.74) is 0.881. The van der Waals surface area contributed by atoms with Crippen molar-refractivity contribution in [3.05, 3.63) is 39.9 Å². The molecule has 0 spiro atoms. The van der Waals surface area contributed by atoms with Gasteiger partial charge < -0.3 is 4.74 Å². The number of aliphatic imine (C=N–C) groups is 1. The third-order valence-electron chi connectivity index (χ3n) is 3.12. The van der Waals surface area contributed by atoms with Crippen LogP contribution < -0.4 is 0 Å². The highest BCUT2D eigenvalue weighted by molar-refractivity contribution is 5.95. The van der Waals surface area contributed by atoms with Gasteiger partial charge in [0.2, 0.25) is 5.90 Å². The van der Waals surface area contributed by atoms with Crippen molar-refractivity contribution < 1.29 is 9.66 Å². The van der Waals surface area contributed by atoms with Gasteiger partial charge in [0.25, 0.3) is 5.69 Å². The SMILES string of the molecule is CC[C@@H]1OC(c2ccc([N+](=O)[O-])cc2)=N[C@@H]1CC. The number of nitrogens with zero attached hydrogens (tertiary/aromatic N) is 2. The second kappa shape index (κ2) is 5.16. The highest BCUT2D eigenvalue weighted by Crippen LogP contribution is 2.23. The highest BCUT2D eigenvalue weighted by atomic mass is 16.6. The fourth-order valence-corrected chi connectivity index (χ4v) is 2.06. The van der Waals surface area contributed by atoms with Gasteiger partial charge >= 0.3 is 0 Å². The van der Waals surface area contributed by atoms with Crippen LogP contribution in [0.2, 0.25) is 0 Å². The Morgan fingerprint density at radius 2 is 1.94 bits per heavy atom. The molecule has 0 N–H and O–H groups in total. The van der Waals surface area contributed by atoms with Gasteiger partial charge in [-0.25, -0.2) is 4.99 Å². The number of hydrogen-bond donors (Lipinski definition) is 0. The van der Waals surface area contributed by atoms with E-state index >= 15 is 0 Å². The smallest absolute Gasteiger partial charge is 0.269 e. The Morgan fingerprint density at radius 3 is 2.39 bits per heavy atom. The Morgan fingerprint density at radius 1 is 1.28 bits per heavy atom. The third-order valence-corrected chi connectivity index (χ3v) is 3.12. The summed E-state index contributed by atoms with van der Waals surface area (Å²) in [7, 11) is 0. The second-order valence-electron chi connectivity index (χ2n) is 4.28. The van der Waals surface area contributed by atoms with Gasteiger partial charge in [0.05, 0.1) is 11.0 Å². The Bertz CT molecular complexity index is 468. The summed E-state index contributed by atoms with van der Waals surface area (Å²) in [5, 5.41) is 10.6. The number of hydrogen-bond acceptors (Lipinski definition) is 4. The zero-order chi connectivity index (χ0) is 13.1. The summed E-state index contributed by atoms with van der Waals surface area (Å²) in [4.78, 5) is 14.7. The van der Waals surface area contributed by atoms with Gasteiger partial charge in [-0.15, -0.1) is 0 Å². The molecule has 0 bridgehead atoms. The van der Waals surface area contributed by atoms with Gasteiger partial charge in [0.15, 0.2) is 0 Å². The molecule has 96 valence electrons. The number of ether oxygens (including phenoxy) is 1. The van der Waals surface area contributed by atoms with Crippen LogP contribution >= 0.6 is 0 Å². The average molecular weight is 248 g/mol. The van der Waals surface area contributed by atoms with Crippen molar-refractivity contribution in [2.24, 2.45) is 4.99 Å². The minimum absolute atomic E-state index is 0.0800. The molecule has 0 saturated heterocycles. The lowest BCUT2D eigenvalue weighted by Gasteiger charge is -2.13. The van der Waals surface area contributed by atoms with Crippen LogP contribution in [-0.2, 0) is 4.74 Å². The summed E-state index contributed by atoms with van der Waals surface area (Å²) in [6.45, 7) is 4.15. The van der Waals surface area contributed by atoms with Crippen molar-refractivity contribution in [3.8, 4) is 0 Å². The van der Waals surface area contributed by atoms with E-state index in [1.807, 2.05) is 0 Å². The van der Waals surface area contributed by atoms with Gasteiger partial charge in [-0.1, -0.05) is 13.8 Å². The zero-order valence-electron chi connectivity index (χ0n) is 10.5. The minimum Gasteiger partial charge on any atom is -0.472 e. The predicted octanol–water partition coefficient (Wildman–Crippen LogP) is 2.93.